The lowest BCUT2D eigenvalue weighted by Gasteiger charge is -2.11. The van der Waals surface area contributed by atoms with Gasteiger partial charge in [-0.25, -0.2) is 0 Å². The molecule has 5 heteroatoms. The smallest absolute Gasteiger partial charge is 0.0991 e. The predicted molar refractivity (Wildman–Crippen MR) is 264 cm³/mol. The Morgan fingerprint density at radius 2 is 0.873 bits per heavy atom. The number of rotatable bonds is 1. The summed E-state index contributed by atoms with van der Waals surface area (Å²) in [6.07, 6.45) is 0. The number of nitrogens with zero attached hydrogens (tertiary/aromatic N) is 3. The number of H-pyrrole nitrogens is 1. The minimum absolute atomic E-state index is 0.673. The highest BCUT2D eigenvalue weighted by atomic mass is 79.9. The maximum atomic E-state index is 9.24. The van der Waals surface area contributed by atoms with Gasteiger partial charge >= 0.3 is 0 Å². The molecule has 0 unspecified atom stereocenters. The molecular weight excluding hydrogens is 833 g/mol. The number of nitrogens with one attached hydrogen (secondary N) is 1. The van der Waals surface area contributed by atoms with E-state index in [2.05, 4.69) is 177 Å². The Labute approximate surface area is 371 Å². The van der Waals surface area contributed by atoms with Gasteiger partial charge in [0.1, 0.15) is 0 Å². The number of halogens is 1. The van der Waals surface area contributed by atoms with E-state index in [9.17, 15) is 5.26 Å². The van der Waals surface area contributed by atoms with E-state index >= 15 is 0 Å². The molecule has 2 aromatic heterocycles. The Morgan fingerprint density at radius 1 is 0.397 bits per heavy atom. The van der Waals surface area contributed by atoms with E-state index < -0.39 is 0 Å². The maximum absolute atomic E-state index is 9.24. The second kappa shape index (κ2) is 14.5. The zero-order valence-electron chi connectivity index (χ0n) is 33.7. The van der Waals surface area contributed by atoms with Crippen molar-refractivity contribution >= 4 is 81.1 Å². The lowest BCUT2D eigenvalue weighted by molar-refractivity contribution is 1.18. The first-order valence-electron chi connectivity index (χ1n) is 20.9. The van der Waals surface area contributed by atoms with Gasteiger partial charge in [-0.15, -0.1) is 0 Å². The van der Waals surface area contributed by atoms with Crippen molar-refractivity contribution in [3.05, 3.63) is 210 Å². The van der Waals surface area contributed by atoms with Crippen LogP contribution in [0.15, 0.2) is 199 Å². The minimum atomic E-state index is 0.673. The molecule has 0 saturated heterocycles. The lowest BCUT2D eigenvalue weighted by Crippen LogP contribution is -1.94. The fourth-order valence-corrected chi connectivity index (χ4v) is 10.2. The second-order valence-corrected chi connectivity index (χ2v) is 16.9. The fourth-order valence-electron chi connectivity index (χ4n) is 9.98. The van der Waals surface area contributed by atoms with Gasteiger partial charge in [-0.2, -0.15) is 10.5 Å². The summed E-state index contributed by atoms with van der Waals surface area (Å²) in [7, 11) is 0. The molecule has 0 amide bonds. The zero-order valence-corrected chi connectivity index (χ0v) is 35.3. The first-order chi connectivity index (χ1) is 31.1. The van der Waals surface area contributed by atoms with Crippen molar-refractivity contribution in [2.75, 3.05) is 0 Å². The van der Waals surface area contributed by atoms with Crippen LogP contribution in [0.1, 0.15) is 11.1 Å². The monoisotopic (exact) mass is 864 g/mol. The van der Waals surface area contributed by atoms with E-state index in [-0.39, 0.29) is 0 Å². The standard InChI is InChI=1S/C29H16N2.C22H13N.C7H4BrN/c30-17-18-12-14-19(15-13-18)31-27-11-4-3-8-22(27)26-16-25-21-7-2-1-6-20(21)23-9-5-10-24(28(23)25)29(26)31;1-2-7-14-13(6-1)16-9-5-10-17-21(16)18(14)12-19-15-8-3-4-11-20(15)23-22(17)19;8-7-3-1-6(5-9)2-4-7/h1-16H;1-12,23H;1-4H. The molecule has 4 nitrogen and oxygen atoms in total. The summed E-state index contributed by atoms with van der Waals surface area (Å²) < 4.78 is 3.35. The van der Waals surface area contributed by atoms with E-state index in [4.69, 9.17) is 5.26 Å². The van der Waals surface area contributed by atoms with E-state index in [1.54, 1.807) is 12.1 Å². The lowest BCUT2D eigenvalue weighted by atomic mass is 9.99. The number of hydrogen-bond donors (Lipinski definition) is 1. The third kappa shape index (κ3) is 5.65. The molecule has 0 radical (unpaired) electrons. The molecule has 0 fully saturated rings. The highest BCUT2D eigenvalue weighted by Crippen LogP contribution is 2.52. The van der Waals surface area contributed by atoms with Crippen LogP contribution < -0.4 is 0 Å². The number of fused-ring (bicyclic) bond motifs is 14. The van der Waals surface area contributed by atoms with Crippen molar-refractivity contribution in [3.63, 3.8) is 0 Å². The Hall–Kier alpha value is -8.22. The molecule has 63 heavy (non-hydrogen) atoms. The Balaban J connectivity index is 0.000000115. The number of para-hydroxylation sites is 2. The number of aromatic amines is 1. The van der Waals surface area contributed by atoms with Crippen LogP contribution in [-0.4, -0.2) is 9.55 Å². The number of hydrogen-bond acceptors (Lipinski definition) is 2. The molecule has 0 bridgehead atoms. The first-order valence-corrected chi connectivity index (χ1v) is 21.7. The van der Waals surface area contributed by atoms with Crippen molar-refractivity contribution in [1.29, 1.82) is 10.5 Å². The quantitative estimate of drug-likeness (QED) is 0.179. The molecule has 292 valence electrons. The molecule has 2 heterocycles. The van der Waals surface area contributed by atoms with Crippen LogP contribution in [0.3, 0.4) is 0 Å². The molecule has 0 spiro atoms. The van der Waals surface area contributed by atoms with E-state index in [0.717, 1.165) is 10.2 Å². The molecular formula is C58H33BrN4. The largest absolute Gasteiger partial charge is 0.354 e. The van der Waals surface area contributed by atoms with Crippen LogP contribution in [0.4, 0.5) is 0 Å². The molecule has 0 atom stereocenters. The van der Waals surface area contributed by atoms with Gasteiger partial charge in [0, 0.05) is 48.0 Å². The summed E-state index contributed by atoms with van der Waals surface area (Å²) in [5.41, 5.74) is 18.0. The predicted octanol–water partition coefficient (Wildman–Crippen LogP) is 15.9. The summed E-state index contributed by atoms with van der Waals surface area (Å²) in [6.45, 7) is 0. The Kier molecular flexibility index (Phi) is 8.41. The minimum Gasteiger partial charge on any atom is -0.354 e. The molecule has 10 aromatic carbocycles. The van der Waals surface area contributed by atoms with Crippen molar-refractivity contribution in [1.82, 2.24) is 9.55 Å². The normalized spacial score (nSPS) is 11.5. The van der Waals surface area contributed by atoms with Gasteiger partial charge in [-0.1, -0.05) is 137 Å². The van der Waals surface area contributed by atoms with E-state index in [1.165, 1.54) is 110 Å². The molecule has 2 aliphatic carbocycles. The van der Waals surface area contributed by atoms with Crippen LogP contribution in [0.5, 0.6) is 0 Å². The van der Waals surface area contributed by atoms with Crippen molar-refractivity contribution in [2.45, 2.75) is 0 Å². The van der Waals surface area contributed by atoms with Gasteiger partial charge in [-0.3, -0.25) is 0 Å². The molecule has 12 aromatic rings. The summed E-state index contributed by atoms with van der Waals surface area (Å²) in [5.74, 6) is 0. The van der Waals surface area contributed by atoms with E-state index in [1.807, 2.05) is 42.5 Å². The second-order valence-electron chi connectivity index (χ2n) is 16.0. The van der Waals surface area contributed by atoms with Gasteiger partial charge in [-0.05, 0) is 128 Å². The summed E-state index contributed by atoms with van der Waals surface area (Å²) >= 11 is 3.27. The first kappa shape index (κ1) is 36.6. The summed E-state index contributed by atoms with van der Waals surface area (Å²) in [5, 5.41) is 28.0. The zero-order chi connectivity index (χ0) is 42.2. The summed E-state index contributed by atoms with van der Waals surface area (Å²) in [4.78, 5) is 3.63. The number of benzene rings is 10. The average Bonchev–Trinajstić information content (AvgIpc) is 4.09. The third-order valence-electron chi connectivity index (χ3n) is 12.7. The average molecular weight is 866 g/mol. The topological polar surface area (TPSA) is 68.3 Å². The molecule has 2 aliphatic rings. The van der Waals surface area contributed by atoms with Gasteiger partial charge < -0.3 is 9.55 Å². The summed E-state index contributed by atoms with van der Waals surface area (Å²) in [6, 6.07) is 72.0. The van der Waals surface area contributed by atoms with Crippen LogP contribution in [-0.2, 0) is 0 Å². The van der Waals surface area contributed by atoms with Gasteiger partial charge in [0.2, 0.25) is 0 Å². The third-order valence-corrected chi connectivity index (χ3v) is 13.2. The van der Waals surface area contributed by atoms with Crippen molar-refractivity contribution < 1.29 is 0 Å². The molecule has 14 rings (SSSR count). The van der Waals surface area contributed by atoms with Crippen molar-refractivity contribution in [2.24, 2.45) is 0 Å². The van der Waals surface area contributed by atoms with Crippen LogP contribution >= 0.6 is 15.9 Å². The number of nitriles is 2. The fraction of sp³-hybridized carbons (Fsp3) is 0. The van der Waals surface area contributed by atoms with Crippen LogP contribution in [0, 0.1) is 22.7 Å². The SMILES string of the molecule is N#Cc1ccc(-n2c3ccccc3c3cc4c5c(cccc5c32)-c2ccccc2-4)cc1.N#Cc1ccc(Br)cc1.c1ccc2c(c1)-c1cccc3c1c-2cc1c2ccccc2[nH]c31. The Bertz CT molecular complexity index is 3930. The highest BCUT2D eigenvalue weighted by Gasteiger charge is 2.26. The van der Waals surface area contributed by atoms with E-state index in [0.29, 0.717) is 11.1 Å². The van der Waals surface area contributed by atoms with Gasteiger partial charge in [0.15, 0.2) is 0 Å². The van der Waals surface area contributed by atoms with Gasteiger partial charge in [0.05, 0.1) is 39.8 Å². The molecule has 0 saturated carbocycles. The van der Waals surface area contributed by atoms with Crippen LogP contribution in [0.2, 0.25) is 0 Å². The molecule has 1 N–H and O–H groups in total. The maximum Gasteiger partial charge on any atom is 0.0991 e. The number of aromatic nitrogens is 2. The molecule has 0 aliphatic heterocycles. The highest BCUT2D eigenvalue weighted by molar-refractivity contribution is 9.10. The Morgan fingerprint density at radius 3 is 1.51 bits per heavy atom. The van der Waals surface area contributed by atoms with Crippen LogP contribution in [0.25, 0.3) is 115 Å². The van der Waals surface area contributed by atoms with Crippen molar-refractivity contribution in [3.8, 4) is 62.3 Å². The van der Waals surface area contributed by atoms with Gasteiger partial charge in [0.25, 0.3) is 0 Å².